The van der Waals surface area contributed by atoms with Crippen molar-refractivity contribution in [1.29, 1.82) is 0 Å². The van der Waals surface area contributed by atoms with Crippen molar-refractivity contribution < 1.29 is 13.9 Å². The molecule has 0 heterocycles. The van der Waals surface area contributed by atoms with Gasteiger partial charge < -0.3 is 10.1 Å². The first-order valence-corrected chi connectivity index (χ1v) is 7.87. The Labute approximate surface area is 146 Å². The number of carbonyl (C=O) groups excluding carboxylic acids is 1. The summed E-state index contributed by atoms with van der Waals surface area (Å²) in [7, 11) is 3.23. The van der Waals surface area contributed by atoms with E-state index in [0.29, 0.717) is 17.3 Å². The summed E-state index contributed by atoms with van der Waals surface area (Å²) in [5.41, 5.74) is 1.40. The Bertz CT molecular complexity index is 724. The molecule has 0 spiro atoms. The summed E-state index contributed by atoms with van der Waals surface area (Å²) in [6.07, 6.45) is 0. The number of halogens is 2. The van der Waals surface area contributed by atoms with Crippen molar-refractivity contribution in [3.05, 3.63) is 58.9 Å². The van der Waals surface area contributed by atoms with E-state index in [-0.39, 0.29) is 11.7 Å². The fourth-order valence-corrected chi connectivity index (χ4v) is 2.44. The average molecular weight is 351 g/mol. The second-order valence-corrected chi connectivity index (χ2v) is 6.00. The van der Waals surface area contributed by atoms with Crippen LogP contribution in [0.1, 0.15) is 12.5 Å². The van der Waals surface area contributed by atoms with Crippen LogP contribution in [0.25, 0.3) is 0 Å². The first-order valence-electron chi connectivity index (χ1n) is 7.50. The van der Waals surface area contributed by atoms with Gasteiger partial charge in [0.2, 0.25) is 5.91 Å². The van der Waals surface area contributed by atoms with Gasteiger partial charge in [0.1, 0.15) is 0 Å². The number of hydrogen-bond acceptors (Lipinski definition) is 3. The molecule has 0 bridgehead atoms. The molecule has 1 amide bonds. The smallest absolute Gasteiger partial charge is 0.241 e. The minimum Gasteiger partial charge on any atom is -0.494 e. The maximum Gasteiger partial charge on any atom is 0.241 e. The Kier molecular flexibility index (Phi) is 6.17. The van der Waals surface area contributed by atoms with Gasteiger partial charge in [-0.15, -0.1) is 0 Å². The summed E-state index contributed by atoms with van der Waals surface area (Å²) in [5.74, 6) is -0.374. The van der Waals surface area contributed by atoms with Crippen LogP contribution >= 0.6 is 11.6 Å². The van der Waals surface area contributed by atoms with Crippen LogP contribution in [0.15, 0.2) is 42.5 Å². The highest BCUT2D eigenvalue weighted by atomic mass is 35.5. The number of ether oxygens (including phenoxy) is 1. The van der Waals surface area contributed by atoms with Crippen LogP contribution < -0.4 is 10.1 Å². The minimum atomic E-state index is -0.417. The van der Waals surface area contributed by atoms with Crippen LogP contribution in [-0.2, 0) is 11.3 Å². The van der Waals surface area contributed by atoms with Gasteiger partial charge in [0.25, 0.3) is 0 Å². The fourth-order valence-electron chi connectivity index (χ4n) is 2.25. The molecule has 24 heavy (non-hydrogen) atoms. The maximum atomic E-state index is 13.8. The van der Waals surface area contributed by atoms with E-state index >= 15 is 0 Å². The summed E-state index contributed by atoms with van der Waals surface area (Å²) in [6.45, 7) is 2.23. The number of nitrogens with one attached hydrogen (secondary N) is 1. The molecule has 0 saturated carbocycles. The number of nitrogens with zero attached hydrogens (tertiary/aromatic N) is 1. The third-order valence-electron chi connectivity index (χ3n) is 3.78. The van der Waals surface area contributed by atoms with E-state index in [1.165, 1.54) is 13.2 Å². The van der Waals surface area contributed by atoms with Crippen molar-refractivity contribution >= 4 is 23.2 Å². The second-order valence-electron chi connectivity index (χ2n) is 5.56. The van der Waals surface area contributed by atoms with Crippen molar-refractivity contribution in [2.24, 2.45) is 0 Å². The Morgan fingerprint density at radius 2 is 2.08 bits per heavy atom. The number of benzene rings is 2. The maximum absolute atomic E-state index is 13.8. The number of rotatable bonds is 6. The highest BCUT2D eigenvalue weighted by molar-refractivity contribution is 6.30. The number of methoxy groups -OCH3 is 1. The van der Waals surface area contributed by atoms with Crippen LogP contribution in [0.3, 0.4) is 0 Å². The largest absolute Gasteiger partial charge is 0.494 e. The van der Waals surface area contributed by atoms with E-state index in [4.69, 9.17) is 16.3 Å². The molecule has 2 rings (SSSR count). The van der Waals surface area contributed by atoms with Crippen molar-refractivity contribution in [2.75, 3.05) is 19.5 Å². The van der Waals surface area contributed by atoms with E-state index < -0.39 is 11.9 Å². The van der Waals surface area contributed by atoms with Crippen molar-refractivity contribution in [3.63, 3.8) is 0 Å². The minimum absolute atomic E-state index is 0.159. The average Bonchev–Trinajstić information content (AvgIpc) is 2.54. The normalized spacial score (nSPS) is 12.1. The molecule has 0 saturated heterocycles. The van der Waals surface area contributed by atoms with Gasteiger partial charge in [-0.25, -0.2) is 4.39 Å². The van der Waals surface area contributed by atoms with E-state index in [0.717, 1.165) is 5.56 Å². The molecule has 0 aliphatic heterocycles. The van der Waals surface area contributed by atoms with Crippen LogP contribution in [0, 0.1) is 5.82 Å². The molecule has 128 valence electrons. The molecule has 0 aromatic heterocycles. The third-order valence-corrected chi connectivity index (χ3v) is 4.02. The van der Waals surface area contributed by atoms with Crippen LogP contribution in [0.2, 0.25) is 5.02 Å². The molecule has 0 aliphatic rings. The van der Waals surface area contributed by atoms with Crippen molar-refractivity contribution in [3.8, 4) is 5.75 Å². The molecule has 0 radical (unpaired) electrons. The Balaban J connectivity index is 1.99. The standard InChI is InChI=1S/C18H20ClFN2O2/c1-12(18(23)21-15-6-4-5-14(19)10-15)22(2)11-13-7-8-17(24-3)16(20)9-13/h4-10,12H,11H2,1-3H3,(H,21,23)/t12-/m0/s1. The summed E-state index contributed by atoms with van der Waals surface area (Å²) >= 11 is 5.91. The van der Waals surface area contributed by atoms with Crippen LogP contribution in [0.5, 0.6) is 5.75 Å². The molecule has 6 heteroatoms. The molecule has 2 aromatic rings. The summed E-state index contributed by atoms with van der Waals surface area (Å²) in [4.78, 5) is 14.2. The number of hydrogen-bond donors (Lipinski definition) is 1. The summed E-state index contributed by atoms with van der Waals surface area (Å²) in [6, 6.07) is 11.3. The lowest BCUT2D eigenvalue weighted by Gasteiger charge is -2.24. The first-order chi connectivity index (χ1) is 11.4. The highest BCUT2D eigenvalue weighted by Gasteiger charge is 2.19. The SMILES string of the molecule is COc1ccc(CN(C)[C@@H](C)C(=O)Nc2cccc(Cl)c2)cc1F. The molecule has 2 aromatic carbocycles. The molecule has 0 fully saturated rings. The van der Waals surface area contributed by atoms with Gasteiger partial charge in [0.15, 0.2) is 11.6 Å². The lowest BCUT2D eigenvalue weighted by atomic mass is 10.1. The van der Waals surface area contributed by atoms with Crippen molar-refractivity contribution in [1.82, 2.24) is 4.90 Å². The monoisotopic (exact) mass is 350 g/mol. The second kappa shape index (κ2) is 8.13. The van der Waals surface area contributed by atoms with Crippen LogP contribution in [0.4, 0.5) is 10.1 Å². The zero-order chi connectivity index (χ0) is 17.7. The first kappa shape index (κ1) is 18.2. The zero-order valence-electron chi connectivity index (χ0n) is 13.8. The number of amides is 1. The van der Waals surface area contributed by atoms with Gasteiger partial charge in [0, 0.05) is 17.3 Å². The van der Waals surface area contributed by atoms with Gasteiger partial charge in [-0.2, -0.15) is 0 Å². The van der Waals surface area contributed by atoms with Crippen LogP contribution in [-0.4, -0.2) is 31.0 Å². The third kappa shape index (κ3) is 4.69. The highest BCUT2D eigenvalue weighted by Crippen LogP contribution is 2.19. The molecule has 0 unspecified atom stereocenters. The summed E-state index contributed by atoms with van der Waals surface area (Å²) in [5, 5.41) is 3.38. The van der Waals surface area contributed by atoms with E-state index in [1.807, 2.05) is 11.9 Å². The predicted octanol–water partition coefficient (Wildman–Crippen LogP) is 3.95. The molecule has 1 N–H and O–H groups in total. The molecule has 0 aliphatic carbocycles. The van der Waals surface area contributed by atoms with Gasteiger partial charge in [-0.1, -0.05) is 23.7 Å². The van der Waals surface area contributed by atoms with E-state index in [1.54, 1.807) is 43.3 Å². The molecular formula is C18H20ClFN2O2. The molecule has 4 nitrogen and oxygen atoms in total. The lowest BCUT2D eigenvalue weighted by molar-refractivity contribution is -0.120. The number of likely N-dealkylation sites (N-methyl/N-ethyl adjacent to an activating group) is 1. The van der Waals surface area contributed by atoms with Gasteiger partial charge >= 0.3 is 0 Å². The Morgan fingerprint density at radius 1 is 1.33 bits per heavy atom. The quantitative estimate of drug-likeness (QED) is 0.857. The van der Waals surface area contributed by atoms with E-state index in [2.05, 4.69) is 5.32 Å². The fraction of sp³-hybridized carbons (Fsp3) is 0.278. The Hall–Kier alpha value is -2.11. The van der Waals surface area contributed by atoms with Gasteiger partial charge in [-0.3, -0.25) is 9.69 Å². The lowest BCUT2D eigenvalue weighted by Crippen LogP contribution is -2.39. The van der Waals surface area contributed by atoms with Crippen molar-refractivity contribution in [2.45, 2.75) is 19.5 Å². The topological polar surface area (TPSA) is 41.6 Å². The number of anilines is 1. The predicted molar refractivity (Wildman–Crippen MR) is 94.0 cm³/mol. The molecular weight excluding hydrogens is 331 g/mol. The Morgan fingerprint density at radius 3 is 2.71 bits per heavy atom. The number of carbonyl (C=O) groups is 1. The van der Waals surface area contributed by atoms with Gasteiger partial charge in [-0.05, 0) is 49.9 Å². The van der Waals surface area contributed by atoms with Gasteiger partial charge in [0.05, 0.1) is 13.2 Å². The zero-order valence-corrected chi connectivity index (χ0v) is 14.6. The summed E-state index contributed by atoms with van der Waals surface area (Å²) < 4.78 is 18.7. The molecule has 1 atom stereocenters. The van der Waals surface area contributed by atoms with E-state index in [9.17, 15) is 9.18 Å².